The van der Waals surface area contributed by atoms with Crippen LogP contribution in [0.2, 0.25) is 0 Å². The second-order valence-corrected chi connectivity index (χ2v) is 7.16. The highest BCUT2D eigenvalue weighted by molar-refractivity contribution is 9.10. The van der Waals surface area contributed by atoms with Crippen molar-refractivity contribution in [3.05, 3.63) is 28.2 Å². The Morgan fingerprint density at radius 1 is 1.42 bits per heavy atom. The molecule has 8 heteroatoms. The fourth-order valence-corrected chi connectivity index (χ4v) is 2.47. The van der Waals surface area contributed by atoms with Crippen LogP contribution in [0.4, 0.5) is 5.69 Å². The Morgan fingerprint density at radius 3 is 2.63 bits per heavy atom. The summed E-state index contributed by atoms with van der Waals surface area (Å²) in [7, 11) is -0.412. The van der Waals surface area contributed by atoms with Gasteiger partial charge in [-0.05, 0) is 28.1 Å². The molecule has 19 heavy (non-hydrogen) atoms. The first-order valence-electron chi connectivity index (χ1n) is 5.48. The van der Waals surface area contributed by atoms with Gasteiger partial charge in [-0.25, -0.2) is 12.7 Å². The summed E-state index contributed by atoms with van der Waals surface area (Å²) in [6.45, 7) is 0.0422. The molecule has 0 aliphatic carbocycles. The van der Waals surface area contributed by atoms with Crippen LogP contribution in [0.15, 0.2) is 22.7 Å². The van der Waals surface area contributed by atoms with Crippen LogP contribution >= 0.6 is 15.9 Å². The van der Waals surface area contributed by atoms with Crippen LogP contribution in [0.5, 0.6) is 0 Å². The average Bonchev–Trinajstić information content (AvgIpc) is 2.32. The van der Waals surface area contributed by atoms with E-state index in [2.05, 4.69) is 21.2 Å². The number of halogens is 1. The number of amides is 1. The van der Waals surface area contributed by atoms with E-state index in [1.807, 2.05) is 0 Å². The van der Waals surface area contributed by atoms with Crippen molar-refractivity contribution >= 4 is 37.5 Å². The summed E-state index contributed by atoms with van der Waals surface area (Å²) >= 11 is 3.22. The maximum absolute atomic E-state index is 11.9. The van der Waals surface area contributed by atoms with Crippen molar-refractivity contribution in [3.63, 3.8) is 0 Å². The Balaban J connectivity index is 2.65. The zero-order chi connectivity index (χ0) is 14.6. The lowest BCUT2D eigenvalue weighted by Gasteiger charge is -2.12. The van der Waals surface area contributed by atoms with E-state index >= 15 is 0 Å². The van der Waals surface area contributed by atoms with E-state index in [1.165, 1.54) is 14.1 Å². The van der Waals surface area contributed by atoms with Gasteiger partial charge in [-0.3, -0.25) is 4.79 Å². The van der Waals surface area contributed by atoms with Crippen LogP contribution in [0.1, 0.15) is 10.4 Å². The highest BCUT2D eigenvalue weighted by atomic mass is 79.9. The smallest absolute Gasteiger partial charge is 0.252 e. The Morgan fingerprint density at radius 2 is 2.05 bits per heavy atom. The molecule has 0 unspecified atom stereocenters. The molecule has 0 saturated heterocycles. The van der Waals surface area contributed by atoms with Crippen molar-refractivity contribution < 1.29 is 13.2 Å². The minimum atomic E-state index is -3.31. The molecule has 0 saturated carbocycles. The SMILES string of the molecule is CN(C)S(=O)(=O)CCNC(=O)c1cccc(N)c1Br. The lowest BCUT2D eigenvalue weighted by atomic mass is 10.2. The lowest BCUT2D eigenvalue weighted by molar-refractivity contribution is 0.0955. The van der Waals surface area contributed by atoms with Gasteiger partial charge in [0.05, 0.1) is 15.8 Å². The Bertz CT molecular complexity index is 573. The number of carbonyl (C=O) groups is 1. The van der Waals surface area contributed by atoms with Gasteiger partial charge in [-0.15, -0.1) is 0 Å². The summed E-state index contributed by atoms with van der Waals surface area (Å²) in [5.74, 6) is -0.515. The molecule has 1 amide bonds. The van der Waals surface area contributed by atoms with E-state index in [9.17, 15) is 13.2 Å². The minimum Gasteiger partial charge on any atom is -0.398 e. The van der Waals surface area contributed by atoms with Crippen LogP contribution in [-0.2, 0) is 10.0 Å². The molecule has 0 bridgehead atoms. The van der Waals surface area contributed by atoms with E-state index in [0.29, 0.717) is 15.7 Å². The normalized spacial score (nSPS) is 11.6. The molecule has 6 nitrogen and oxygen atoms in total. The van der Waals surface area contributed by atoms with Crippen LogP contribution in [0.25, 0.3) is 0 Å². The molecule has 3 N–H and O–H groups in total. The molecule has 0 spiro atoms. The first kappa shape index (κ1) is 15.9. The first-order valence-corrected chi connectivity index (χ1v) is 7.88. The standard InChI is InChI=1S/C11H16BrN3O3S/c1-15(2)19(17,18)7-6-14-11(16)8-4-3-5-9(13)10(8)12/h3-5H,6-7,13H2,1-2H3,(H,14,16). The van der Waals surface area contributed by atoms with Gasteiger partial charge in [0.25, 0.3) is 5.91 Å². The van der Waals surface area contributed by atoms with Crippen molar-refractivity contribution in [1.29, 1.82) is 0 Å². The Labute approximate surface area is 121 Å². The van der Waals surface area contributed by atoms with Crippen molar-refractivity contribution in [3.8, 4) is 0 Å². The number of rotatable bonds is 5. The topological polar surface area (TPSA) is 92.5 Å². The number of hydrogen-bond acceptors (Lipinski definition) is 4. The van der Waals surface area contributed by atoms with Gasteiger partial charge in [0.2, 0.25) is 10.0 Å². The molecule has 1 aromatic carbocycles. The molecule has 0 aliphatic rings. The highest BCUT2D eigenvalue weighted by Crippen LogP contribution is 2.23. The molecule has 0 aliphatic heterocycles. The molecule has 0 heterocycles. The summed E-state index contributed by atoms with van der Waals surface area (Å²) < 4.78 is 24.7. The molecule has 0 fully saturated rings. The third kappa shape index (κ3) is 4.19. The third-order valence-electron chi connectivity index (χ3n) is 2.48. The number of carbonyl (C=O) groups excluding carboxylic acids is 1. The summed E-state index contributed by atoms with van der Waals surface area (Å²) in [6, 6.07) is 4.93. The number of nitrogens with one attached hydrogen (secondary N) is 1. The van der Waals surface area contributed by atoms with Crippen LogP contribution in [-0.4, -0.2) is 45.0 Å². The fraction of sp³-hybridized carbons (Fsp3) is 0.364. The molecule has 0 radical (unpaired) electrons. The second kappa shape index (κ2) is 6.36. The molecular weight excluding hydrogens is 334 g/mol. The van der Waals surface area contributed by atoms with Gasteiger partial charge in [0.1, 0.15) is 0 Å². The number of sulfonamides is 1. The highest BCUT2D eigenvalue weighted by Gasteiger charge is 2.15. The predicted molar refractivity (Wildman–Crippen MR) is 78.4 cm³/mol. The molecule has 0 aromatic heterocycles. The van der Waals surface area contributed by atoms with Gasteiger partial charge < -0.3 is 11.1 Å². The van der Waals surface area contributed by atoms with Crippen LogP contribution in [0.3, 0.4) is 0 Å². The van der Waals surface area contributed by atoms with E-state index in [0.717, 1.165) is 4.31 Å². The second-order valence-electron chi connectivity index (χ2n) is 4.06. The minimum absolute atomic E-state index is 0.0422. The third-order valence-corrected chi connectivity index (χ3v) is 5.19. The summed E-state index contributed by atoms with van der Waals surface area (Å²) in [5, 5.41) is 2.55. The monoisotopic (exact) mass is 349 g/mol. The van der Waals surface area contributed by atoms with Crippen molar-refractivity contribution in [2.45, 2.75) is 0 Å². The van der Waals surface area contributed by atoms with Crippen LogP contribution < -0.4 is 11.1 Å². The summed E-state index contributed by atoms with van der Waals surface area (Å²) in [4.78, 5) is 11.9. The van der Waals surface area contributed by atoms with Crippen molar-refractivity contribution in [2.75, 3.05) is 32.1 Å². The number of benzene rings is 1. The van der Waals surface area contributed by atoms with Crippen molar-refractivity contribution in [1.82, 2.24) is 9.62 Å². The Hall–Kier alpha value is -1.12. The largest absolute Gasteiger partial charge is 0.398 e. The predicted octanol–water partition coefficient (Wildman–Crippen LogP) is 0.653. The molecular formula is C11H16BrN3O3S. The summed E-state index contributed by atoms with van der Waals surface area (Å²) in [6.07, 6.45) is 0. The molecule has 106 valence electrons. The van der Waals surface area contributed by atoms with E-state index in [1.54, 1.807) is 18.2 Å². The quantitative estimate of drug-likeness (QED) is 0.763. The average molecular weight is 350 g/mol. The van der Waals surface area contributed by atoms with Gasteiger partial charge in [-0.1, -0.05) is 6.07 Å². The summed E-state index contributed by atoms with van der Waals surface area (Å²) in [5.41, 5.74) is 6.50. The van der Waals surface area contributed by atoms with Gasteiger partial charge in [0.15, 0.2) is 0 Å². The number of nitrogens with two attached hydrogens (primary N) is 1. The number of nitrogens with zero attached hydrogens (tertiary/aromatic N) is 1. The zero-order valence-electron chi connectivity index (χ0n) is 10.7. The Kier molecular flexibility index (Phi) is 5.33. The molecule has 1 rings (SSSR count). The van der Waals surface area contributed by atoms with E-state index < -0.39 is 10.0 Å². The molecule has 1 aromatic rings. The number of nitrogen functional groups attached to an aromatic ring is 1. The van der Waals surface area contributed by atoms with Gasteiger partial charge in [-0.2, -0.15) is 0 Å². The number of hydrogen-bond donors (Lipinski definition) is 2. The fourth-order valence-electron chi connectivity index (χ4n) is 1.30. The van der Waals surface area contributed by atoms with Gasteiger partial charge in [0, 0.05) is 26.3 Å². The maximum Gasteiger partial charge on any atom is 0.252 e. The molecule has 0 atom stereocenters. The van der Waals surface area contributed by atoms with Crippen molar-refractivity contribution in [2.24, 2.45) is 0 Å². The lowest BCUT2D eigenvalue weighted by Crippen LogP contribution is -2.34. The van der Waals surface area contributed by atoms with Gasteiger partial charge >= 0.3 is 0 Å². The first-order chi connectivity index (χ1) is 8.75. The number of anilines is 1. The van der Waals surface area contributed by atoms with Crippen LogP contribution in [0, 0.1) is 0 Å². The zero-order valence-corrected chi connectivity index (χ0v) is 13.1. The van der Waals surface area contributed by atoms with E-state index in [4.69, 9.17) is 5.73 Å². The van der Waals surface area contributed by atoms with E-state index in [-0.39, 0.29) is 18.2 Å². The maximum atomic E-state index is 11.9.